The van der Waals surface area contributed by atoms with Gasteiger partial charge in [-0.15, -0.1) is 0 Å². The molecule has 2 rings (SSSR count). The minimum atomic E-state index is -0.270. The second-order valence-electron chi connectivity index (χ2n) is 4.79. The van der Waals surface area contributed by atoms with E-state index in [0.717, 1.165) is 19.6 Å². The van der Waals surface area contributed by atoms with Crippen LogP contribution in [0, 0.1) is 5.82 Å². The maximum atomic E-state index is 13.9. The molecule has 1 atom stereocenters. The molecule has 100 valence electrons. The fraction of sp³-hybridized carbons (Fsp3) is 0.571. The molecule has 0 radical (unpaired) electrons. The monoisotopic (exact) mass is 270 g/mol. The molecule has 1 unspecified atom stereocenters. The zero-order valence-electron chi connectivity index (χ0n) is 10.8. The van der Waals surface area contributed by atoms with E-state index in [2.05, 4.69) is 17.1 Å². The highest BCUT2D eigenvalue weighted by molar-refractivity contribution is 6.30. The van der Waals surface area contributed by atoms with Crippen molar-refractivity contribution in [2.75, 3.05) is 19.6 Å². The second kappa shape index (κ2) is 6.50. The van der Waals surface area contributed by atoms with Crippen LogP contribution in [0.5, 0.6) is 0 Å². The van der Waals surface area contributed by atoms with Crippen molar-refractivity contribution in [3.05, 3.63) is 34.6 Å². The Kier molecular flexibility index (Phi) is 4.98. The molecule has 0 spiro atoms. The maximum absolute atomic E-state index is 13.9. The van der Waals surface area contributed by atoms with Gasteiger partial charge in [0.25, 0.3) is 0 Å². The largest absolute Gasteiger partial charge is 0.315 e. The average molecular weight is 271 g/mol. The van der Waals surface area contributed by atoms with Gasteiger partial charge in [0.2, 0.25) is 0 Å². The Hall–Kier alpha value is -0.640. The molecule has 1 N–H and O–H groups in total. The van der Waals surface area contributed by atoms with Gasteiger partial charge >= 0.3 is 0 Å². The highest BCUT2D eigenvalue weighted by Gasteiger charge is 2.24. The second-order valence-corrected chi connectivity index (χ2v) is 5.19. The summed E-state index contributed by atoms with van der Waals surface area (Å²) in [6.07, 6.45) is 2.38. The highest BCUT2D eigenvalue weighted by atomic mass is 35.5. The summed E-state index contributed by atoms with van der Waals surface area (Å²) >= 11 is 5.81. The topological polar surface area (TPSA) is 15.3 Å². The standard InChI is InChI=1S/C14H20ClFN2/c1-2-17-9-12-6-4-8-18(12)10-11-5-3-7-13(15)14(11)16/h3,5,7,12,17H,2,4,6,8-10H2,1H3. The van der Waals surface area contributed by atoms with Gasteiger partial charge in [-0.1, -0.05) is 30.7 Å². The summed E-state index contributed by atoms with van der Waals surface area (Å²) in [5.74, 6) is -0.270. The van der Waals surface area contributed by atoms with Crippen LogP contribution in [0.25, 0.3) is 0 Å². The molecule has 1 aromatic carbocycles. The van der Waals surface area contributed by atoms with E-state index in [1.807, 2.05) is 12.1 Å². The zero-order chi connectivity index (χ0) is 13.0. The van der Waals surface area contributed by atoms with Gasteiger partial charge in [0.15, 0.2) is 0 Å². The van der Waals surface area contributed by atoms with E-state index < -0.39 is 0 Å². The molecule has 1 aromatic rings. The molecule has 4 heteroatoms. The Morgan fingerprint density at radius 3 is 3.11 bits per heavy atom. The summed E-state index contributed by atoms with van der Waals surface area (Å²) in [6.45, 7) is 5.77. The fourth-order valence-corrected chi connectivity index (χ4v) is 2.73. The summed E-state index contributed by atoms with van der Waals surface area (Å²) in [5, 5.41) is 3.59. The third-order valence-corrected chi connectivity index (χ3v) is 3.83. The van der Waals surface area contributed by atoms with E-state index in [1.165, 1.54) is 12.8 Å². The number of rotatable bonds is 5. The molecule has 0 saturated carbocycles. The Bertz CT molecular complexity index is 397. The number of likely N-dealkylation sites (N-methyl/N-ethyl adjacent to an activating group) is 1. The molecule has 2 nitrogen and oxygen atoms in total. The number of nitrogens with one attached hydrogen (secondary N) is 1. The minimum absolute atomic E-state index is 0.218. The van der Waals surface area contributed by atoms with E-state index in [0.29, 0.717) is 18.2 Å². The number of halogens is 2. The molecule has 1 heterocycles. The van der Waals surface area contributed by atoms with Crippen molar-refractivity contribution in [2.45, 2.75) is 32.4 Å². The van der Waals surface area contributed by atoms with E-state index in [1.54, 1.807) is 6.07 Å². The smallest absolute Gasteiger partial charge is 0.146 e. The predicted octanol–water partition coefficient (Wildman–Crippen LogP) is 3.05. The number of likely N-dealkylation sites (tertiary alicyclic amines) is 1. The van der Waals surface area contributed by atoms with Gasteiger partial charge in [-0.05, 0) is 32.0 Å². The lowest BCUT2D eigenvalue weighted by atomic mass is 10.1. The van der Waals surface area contributed by atoms with E-state index in [9.17, 15) is 4.39 Å². The maximum Gasteiger partial charge on any atom is 0.146 e. The predicted molar refractivity (Wildman–Crippen MR) is 73.4 cm³/mol. The lowest BCUT2D eigenvalue weighted by molar-refractivity contribution is 0.237. The van der Waals surface area contributed by atoms with Crippen LogP contribution < -0.4 is 5.32 Å². The Balaban J connectivity index is 2.01. The molecule has 1 aliphatic heterocycles. The first-order valence-corrected chi connectivity index (χ1v) is 6.97. The highest BCUT2D eigenvalue weighted by Crippen LogP contribution is 2.23. The molecule has 1 aliphatic rings. The van der Waals surface area contributed by atoms with Crippen LogP contribution in [-0.2, 0) is 6.54 Å². The molecule has 0 aromatic heterocycles. The Morgan fingerprint density at radius 1 is 1.50 bits per heavy atom. The van der Waals surface area contributed by atoms with Crippen LogP contribution in [0.1, 0.15) is 25.3 Å². The van der Waals surface area contributed by atoms with Crippen molar-refractivity contribution in [2.24, 2.45) is 0 Å². The van der Waals surface area contributed by atoms with E-state index >= 15 is 0 Å². The summed E-state index contributed by atoms with van der Waals surface area (Å²) in [4.78, 5) is 2.34. The van der Waals surface area contributed by atoms with Gasteiger partial charge in [0, 0.05) is 24.7 Å². The van der Waals surface area contributed by atoms with Crippen molar-refractivity contribution in [1.82, 2.24) is 10.2 Å². The van der Waals surface area contributed by atoms with Crippen molar-refractivity contribution in [1.29, 1.82) is 0 Å². The summed E-state index contributed by atoms with van der Waals surface area (Å²) in [6, 6.07) is 5.75. The number of hydrogen-bond donors (Lipinski definition) is 1. The lowest BCUT2D eigenvalue weighted by Gasteiger charge is -2.25. The SMILES string of the molecule is CCNCC1CCCN1Cc1cccc(Cl)c1F. The number of benzene rings is 1. The van der Waals surface area contributed by atoms with Crippen molar-refractivity contribution >= 4 is 11.6 Å². The third-order valence-electron chi connectivity index (χ3n) is 3.53. The van der Waals surface area contributed by atoms with E-state index in [4.69, 9.17) is 11.6 Å². The van der Waals surface area contributed by atoms with Crippen LogP contribution in [0.15, 0.2) is 18.2 Å². The molecule has 0 aliphatic carbocycles. The van der Waals surface area contributed by atoms with Crippen molar-refractivity contribution in [3.63, 3.8) is 0 Å². The molecule has 1 saturated heterocycles. The average Bonchev–Trinajstić information content (AvgIpc) is 2.80. The van der Waals surface area contributed by atoms with Crippen molar-refractivity contribution in [3.8, 4) is 0 Å². The van der Waals surface area contributed by atoms with Crippen LogP contribution in [0.3, 0.4) is 0 Å². The normalized spacial score (nSPS) is 20.5. The van der Waals surface area contributed by atoms with Crippen LogP contribution in [0.4, 0.5) is 4.39 Å². The van der Waals surface area contributed by atoms with Gasteiger partial charge in [-0.25, -0.2) is 4.39 Å². The Morgan fingerprint density at radius 2 is 2.33 bits per heavy atom. The van der Waals surface area contributed by atoms with Gasteiger partial charge < -0.3 is 5.32 Å². The van der Waals surface area contributed by atoms with Gasteiger partial charge in [0.05, 0.1) is 5.02 Å². The first kappa shape index (κ1) is 13.8. The minimum Gasteiger partial charge on any atom is -0.315 e. The number of hydrogen-bond acceptors (Lipinski definition) is 2. The molecule has 0 bridgehead atoms. The first-order valence-electron chi connectivity index (χ1n) is 6.60. The van der Waals surface area contributed by atoms with Gasteiger partial charge in [0.1, 0.15) is 5.82 Å². The molecule has 1 fully saturated rings. The van der Waals surface area contributed by atoms with Crippen LogP contribution >= 0.6 is 11.6 Å². The van der Waals surface area contributed by atoms with Crippen molar-refractivity contribution < 1.29 is 4.39 Å². The summed E-state index contributed by atoms with van der Waals surface area (Å²) in [7, 11) is 0. The molecular formula is C14H20ClFN2. The van der Waals surface area contributed by atoms with Gasteiger partial charge in [-0.3, -0.25) is 4.90 Å². The first-order chi connectivity index (χ1) is 8.72. The molecular weight excluding hydrogens is 251 g/mol. The van der Waals surface area contributed by atoms with Crippen LogP contribution in [0.2, 0.25) is 5.02 Å². The van der Waals surface area contributed by atoms with Crippen LogP contribution in [-0.4, -0.2) is 30.6 Å². The zero-order valence-corrected chi connectivity index (χ0v) is 11.5. The lowest BCUT2D eigenvalue weighted by Crippen LogP contribution is -2.37. The molecule has 0 amide bonds. The summed E-state index contributed by atoms with van der Waals surface area (Å²) in [5.41, 5.74) is 0.700. The quantitative estimate of drug-likeness (QED) is 0.885. The number of nitrogens with zero attached hydrogens (tertiary/aromatic N) is 1. The van der Waals surface area contributed by atoms with E-state index in [-0.39, 0.29) is 10.8 Å². The Labute approximate surface area is 113 Å². The van der Waals surface area contributed by atoms with Gasteiger partial charge in [-0.2, -0.15) is 0 Å². The third kappa shape index (κ3) is 3.22. The molecule has 18 heavy (non-hydrogen) atoms. The fourth-order valence-electron chi connectivity index (χ4n) is 2.53. The summed E-state index contributed by atoms with van der Waals surface area (Å²) < 4.78 is 13.9.